The molecule has 0 atom stereocenters. The van der Waals surface area contributed by atoms with Crippen LogP contribution < -0.4 is 5.32 Å². The second-order valence-corrected chi connectivity index (χ2v) is 13.3. The van der Waals surface area contributed by atoms with E-state index in [0.717, 1.165) is 50.0 Å². The van der Waals surface area contributed by atoms with Crippen molar-refractivity contribution in [1.29, 1.82) is 5.26 Å². The number of benzene rings is 3. The highest BCUT2D eigenvalue weighted by Crippen LogP contribution is 2.38. The highest BCUT2D eigenvalue weighted by Gasteiger charge is 2.35. The number of carbonyl (C=O) groups is 2. The maximum absolute atomic E-state index is 12.4. The van der Waals surface area contributed by atoms with Crippen LogP contribution in [0.5, 0.6) is 0 Å². The van der Waals surface area contributed by atoms with Gasteiger partial charge in [0.15, 0.2) is 11.4 Å². The van der Waals surface area contributed by atoms with Crippen LogP contribution >= 0.6 is 0 Å². The topological polar surface area (TPSA) is 134 Å². The van der Waals surface area contributed by atoms with Crippen LogP contribution in [0.2, 0.25) is 0 Å². The number of aldehydes is 1. The molecule has 49 heavy (non-hydrogen) atoms. The summed E-state index contributed by atoms with van der Waals surface area (Å²) < 4.78 is 11.6. The molecule has 1 fully saturated rings. The zero-order valence-corrected chi connectivity index (χ0v) is 27.9. The average Bonchev–Trinajstić information content (AvgIpc) is 3.48. The van der Waals surface area contributed by atoms with Crippen molar-refractivity contribution in [1.82, 2.24) is 19.9 Å². The third-order valence-electron chi connectivity index (χ3n) is 8.84. The predicted molar refractivity (Wildman–Crippen MR) is 188 cm³/mol. The summed E-state index contributed by atoms with van der Waals surface area (Å²) in [5.74, 6) is 1.22. The minimum atomic E-state index is -0.523. The third-order valence-corrected chi connectivity index (χ3v) is 8.84. The van der Waals surface area contributed by atoms with Gasteiger partial charge in [-0.3, -0.25) is 9.78 Å². The molecule has 244 valence electrons. The number of oxazole rings is 1. The summed E-state index contributed by atoms with van der Waals surface area (Å²) in [4.78, 5) is 39.6. The molecule has 6 aromatic rings. The van der Waals surface area contributed by atoms with Crippen LogP contribution in [0.4, 0.5) is 16.3 Å². The molecule has 0 unspecified atom stereocenters. The smallest absolute Gasteiger partial charge is 0.410 e. The number of carbonyl (C=O) groups excluding carboxylic acids is 2. The van der Waals surface area contributed by atoms with Crippen molar-refractivity contribution in [2.75, 3.05) is 18.4 Å². The first-order valence-corrected chi connectivity index (χ1v) is 16.0. The molecule has 7 rings (SSSR count). The standard InChI is InChI=1S/C39H34N6O4/c1-22-29(8-6-10-31(22)37-44-33-15-24(21-46)14-26(17-40)35(33)48-37)30-9-7-11-32(23(30)2)43-36-34-25(12-13-41-36)16-27(18-42-34)28-19-45(20-28)38(47)49-39(3,4)5/h6-16,18,21,28H,19-20H2,1-5H3,(H,41,43). The van der Waals surface area contributed by atoms with Crippen molar-refractivity contribution in [2.24, 2.45) is 0 Å². The van der Waals surface area contributed by atoms with Crippen LogP contribution in [0.3, 0.4) is 0 Å². The number of anilines is 2. The highest BCUT2D eigenvalue weighted by atomic mass is 16.6. The predicted octanol–water partition coefficient (Wildman–Crippen LogP) is 8.48. The van der Waals surface area contributed by atoms with Gasteiger partial charge in [-0.2, -0.15) is 5.26 Å². The Labute approximate surface area is 283 Å². The SMILES string of the molecule is Cc1c(Nc2nccc3cc(C4CN(C(=O)OC(C)(C)C)C4)cnc23)cccc1-c1cccc(-c2nc3cc(C=O)cc(C#N)c3o2)c1C. The van der Waals surface area contributed by atoms with E-state index in [1.165, 1.54) is 6.07 Å². The lowest BCUT2D eigenvalue weighted by Crippen LogP contribution is -2.50. The van der Waals surface area contributed by atoms with Crippen LogP contribution in [-0.2, 0) is 4.74 Å². The molecular formula is C39H34N6O4. The molecule has 1 saturated heterocycles. The van der Waals surface area contributed by atoms with Gasteiger partial charge >= 0.3 is 6.09 Å². The average molecular weight is 651 g/mol. The molecule has 3 aromatic heterocycles. The molecule has 0 bridgehead atoms. The van der Waals surface area contributed by atoms with E-state index in [9.17, 15) is 14.9 Å². The minimum Gasteiger partial charge on any atom is -0.444 e. The van der Waals surface area contributed by atoms with Crippen molar-refractivity contribution < 1.29 is 18.7 Å². The number of nitrogens with one attached hydrogen (secondary N) is 1. The summed E-state index contributed by atoms with van der Waals surface area (Å²) >= 11 is 0. The second-order valence-electron chi connectivity index (χ2n) is 13.3. The second kappa shape index (κ2) is 12.2. The summed E-state index contributed by atoms with van der Waals surface area (Å²) in [6, 6.07) is 21.3. The molecule has 0 aliphatic carbocycles. The normalized spacial score (nSPS) is 13.3. The number of pyridine rings is 2. The quantitative estimate of drug-likeness (QED) is 0.176. The van der Waals surface area contributed by atoms with Gasteiger partial charge in [-0.25, -0.2) is 14.8 Å². The summed E-state index contributed by atoms with van der Waals surface area (Å²) in [5.41, 5.74) is 8.45. The molecule has 0 spiro atoms. The van der Waals surface area contributed by atoms with Gasteiger partial charge in [-0.15, -0.1) is 0 Å². The number of nitrogens with zero attached hydrogens (tertiary/aromatic N) is 5. The van der Waals surface area contributed by atoms with E-state index in [-0.39, 0.29) is 17.6 Å². The Kier molecular flexibility index (Phi) is 7.83. The molecule has 1 amide bonds. The van der Waals surface area contributed by atoms with Crippen LogP contribution in [0.1, 0.15) is 59.3 Å². The first kappa shape index (κ1) is 31.5. The fraction of sp³-hybridized carbons (Fsp3) is 0.231. The lowest BCUT2D eigenvalue weighted by atomic mass is 9.92. The monoisotopic (exact) mass is 650 g/mol. The van der Waals surface area contributed by atoms with Gasteiger partial charge < -0.3 is 19.4 Å². The molecule has 0 saturated carbocycles. The summed E-state index contributed by atoms with van der Waals surface area (Å²) in [7, 11) is 0. The van der Waals surface area contributed by atoms with Crippen LogP contribution in [-0.4, -0.2) is 50.9 Å². The van der Waals surface area contributed by atoms with Gasteiger partial charge in [0.25, 0.3) is 0 Å². The fourth-order valence-electron chi connectivity index (χ4n) is 6.23. The first-order valence-electron chi connectivity index (χ1n) is 16.0. The maximum Gasteiger partial charge on any atom is 0.410 e. The van der Waals surface area contributed by atoms with Gasteiger partial charge in [-0.05, 0) is 98.8 Å². The lowest BCUT2D eigenvalue weighted by molar-refractivity contribution is 0.00817. The zero-order chi connectivity index (χ0) is 34.4. The van der Waals surface area contributed by atoms with Crippen molar-refractivity contribution in [3.8, 4) is 28.7 Å². The Bertz CT molecular complexity index is 2330. The number of hydrogen-bond acceptors (Lipinski definition) is 9. The number of aromatic nitrogens is 3. The highest BCUT2D eigenvalue weighted by molar-refractivity contribution is 5.92. The molecule has 10 heteroatoms. The molecule has 10 nitrogen and oxygen atoms in total. The van der Waals surface area contributed by atoms with E-state index in [2.05, 4.69) is 46.5 Å². The van der Waals surface area contributed by atoms with E-state index in [0.29, 0.717) is 47.7 Å². The Morgan fingerprint density at radius 2 is 1.76 bits per heavy atom. The van der Waals surface area contributed by atoms with Crippen LogP contribution in [0.15, 0.2) is 77.5 Å². The summed E-state index contributed by atoms with van der Waals surface area (Å²) in [6.07, 6.45) is 4.05. The Balaban J connectivity index is 1.15. The summed E-state index contributed by atoms with van der Waals surface area (Å²) in [6.45, 7) is 10.9. The lowest BCUT2D eigenvalue weighted by Gasteiger charge is -2.39. The molecular weight excluding hydrogens is 616 g/mol. The maximum atomic E-state index is 12.4. The molecule has 3 aromatic carbocycles. The number of ether oxygens (including phenoxy) is 1. The van der Waals surface area contributed by atoms with Crippen molar-refractivity contribution >= 4 is 45.9 Å². The largest absolute Gasteiger partial charge is 0.444 e. The third kappa shape index (κ3) is 5.95. The van der Waals surface area contributed by atoms with Gasteiger partial charge in [0.05, 0.1) is 5.56 Å². The number of nitriles is 1. The van der Waals surface area contributed by atoms with Gasteiger partial charge in [0.1, 0.15) is 29.0 Å². The molecule has 1 aliphatic heterocycles. The van der Waals surface area contributed by atoms with Gasteiger partial charge in [-0.1, -0.05) is 24.3 Å². The van der Waals surface area contributed by atoms with E-state index in [4.69, 9.17) is 14.1 Å². The Morgan fingerprint density at radius 1 is 1.02 bits per heavy atom. The molecule has 0 radical (unpaired) electrons. The van der Waals surface area contributed by atoms with Gasteiger partial charge in [0.2, 0.25) is 5.89 Å². The van der Waals surface area contributed by atoms with E-state index >= 15 is 0 Å². The van der Waals surface area contributed by atoms with E-state index in [1.54, 1.807) is 17.2 Å². The number of amides is 1. The van der Waals surface area contributed by atoms with E-state index in [1.807, 2.05) is 64.2 Å². The fourth-order valence-corrected chi connectivity index (χ4v) is 6.23. The zero-order valence-electron chi connectivity index (χ0n) is 27.9. The Morgan fingerprint density at radius 3 is 2.49 bits per heavy atom. The van der Waals surface area contributed by atoms with Crippen molar-refractivity contribution in [3.05, 3.63) is 101 Å². The number of fused-ring (bicyclic) bond motifs is 2. The Hall–Kier alpha value is -6.08. The van der Waals surface area contributed by atoms with Crippen LogP contribution in [0, 0.1) is 25.2 Å². The van der Waals surface area contributed by atoms with E-state index < -0.39 is 5.60 Å². The molecule has 1 N–H and O–H groups in total. The number of hydrogen-bond donors (Lipinski definition) is 1. The number of likely N-dealkylation sites (tertiary alicyclic amines) is 1. The van der Waals surface area contributed by atoms with Crippen molar-refractivity contribution in [3.63, 3.8) is 0 Å². The van der Waals surface area contributed by atoms with Crippen LogP contribution in [0.25, 0.3) is 44.6 Å². The molecule has 1 aliphatic rings. The molecule has 4 heterocycles. The first-order chi connectivity index (χ1) is 23.5. The number of rotatable bonds is 6. The van der Waals surface area contributed by atoms with Gasteiger partial charge in [0, 0.05) is 53.6 Å². The summed E-state index contributed by atoms with van der Waals surface area (Å²) in [5, 5.41) is 14.1. The minimum absolute atomic E-state index is 0.198. The van der Waals surface area contributed by atoms with Crippen molar-refractivity contribution in [2.45, 2.75) is 46.1 Å².